The van der Waals surface area contributed by atoms with E-state index >= 15 is 0 Å². The van der Waals surface area contributed by atoms with Crippen LogP contribution >= 0.6 is 0 Å². The van der Waals surface area contributed by atoms with E-state index in [2.05, 4.69) is 23.8 Å². The third-order valence-corrected chi connectivity index (χ3v) is 6.17. The Labute approximate surface area is 217 Å². The number of ether oxygens (including phenoxy) is 2. The fourth-order valence-corrected chi connectivity index (χ4v) is 4.01. The molecule has 0 bridgehead atoms. The molecule has 0 aliphatic heterocycles. The van der Waals surface area contributed by atoms with E-state index in [9.17, 15) is 9.59 Å². The first-order valence-corrected chi connectivity index (χ1v) is 14.0. The Morgan fingerprint density at radius 1 is 0.583 bits per heavy atom. The molecule has 6 heteroatoms. The molecule has 0 saturated carbocycles. The van der Waals surface area contributed by atoms with Gasteiger partial charge >= 0.3 is 11.9 Å². The van der Waals surface area contributed by atoms with Crippen LogP contribution in [0.5, 0.6) is 11.5 Å². The molecule has 0 fully saturated rings. The Morgan fingerprint density at radius 3 is 1.50 bits per heavy atom. The van der Waals surface area contributed by atoms with E-state index < -0.39 is 0 Å². The molecule has 198 valence electrons. The van der Waals surface area contributed by atoms with Crippen molar-refractivity contribution in [2.75, 3.05) is 0 Å². The molecule has 0 aliphatic carbocycles. The number of aromatic nitrogens is 2. The SMILES string of the molecule is CCCCCCCCCCCCC(=O)Oc1ccc(-c2ncc(OC(=O)CCCCCC)cn2)cc1. The van der Waals surface area contributed by atoms with Crippen molar-refractivity contribution in [3.05, 3.63) is 36.7 Å². The van der Waals surface area contributed by atoms with Crippen LogP contribution < -0.4 is 9.47 Å². The lowest BCUT2D eigenvalue weighted by Crippen LogP contribution is -2.08. The molecule has 2 rings (SSSR count). The Kier molecular flexibility index (Phi) is 15.1. The fourth-order valence-electron chi connectivity index (χ4n) is 4.01. The summed E-state index contributed by atoms with van der Waals surface area (Å²) in [4.78, 5) is 32.6. The standard InChI is InChI=1S/C30H44N2O4/c1-3-5-7-9-10-11-12-13-14-16-18-28(33)35-26-21-19-25(20-22-26)30-31-23-27(24-32-30)36-29(34)17-15-8-6-4-2/h19-24H,3-18H2,1-2H3. The lowest BCUT2D eigenvalue weighted by molar-refractivity contribution is -0.135. The summed E-state index contributed by atoms with van der Waals surface area (Å²) >= 11 is 0. The average molecular weight is 497 g/mol. The van der Waals surface area contributed by atoms with Crippen LogP contribution in [0.1, 0.15) is 117 Å². The molecule has 0 aliphatic rings. The van der Waals surface area contributed by atoms with Gasteiger partial charge in [-0.15, -0.1) is 0 Å². The molecule has 0 saturated heterocycles. The van der Waals surface area contributed by atoms with Gasteiger partial charge in [0.25, 0.3) is 0 Å². The van der Waals surface area contributed by atoms with Crippen molar-refractivity contribution in [1.29, 1.82) is 0 Å². The number of hydrogen-bond acceptors (Lipinski definition) is 6. The summed E-state index contributed by atoms with van der Waals surface area (Å²) in [6.07, 6.45) is 20.4. The van der Waals surface area contributed by atoms with Crippen LogP contribution in [0.2, 0.25) is 0 Å². The number of benzene rings is 1. The number of hydrogen-bond donors (Lipinski definition) is 0. The van der Waals surface area contributed by atoms with Gasteiger partial charge in [0.15, 0.2) is 11.6 Å². The zero-order valence-electron chi connectivity index (χ0n) is 22.3. The number of rotatable bonds is 19. The molecule has 0 atom stereocenters. The van der Waals surface area contributed by atoms with Crippen LogP contribution in [-0.4, -0.2) is 21.9 Å². The maximum Gasteiger partial charge on any atom is 0.311 e. The molecular weight excluding hydrogens is 452 g/mol. The van der Waals surface area contributed by atoms with Crippen LogP contribution in [0, 0.1) is 0 Å². The quantitative estimate of drug-likeness (QED) is 0.111. The van der Waals surface area contributed by atoms with Gasteiger partial charge in [-0.3, -0.25) is 9.59 Å². The van der Waals surface area contributed by atoms with Crippen LogP contribution in [0.3, 0.4) is 0 Å². The second-order valence-corrected chi connectivity index (χ2v) is 9.46. The highest BCUT2D eigenvalue weighted by atomic mass is 16.5. The van der Waals surface area contributed by atoms with E-state index in [1.807, 2.05) is 12.1 Å². The Balaban J connectivity index is 1.64. The summed E-state index contributed by atoms with van der Waals surface area (Å²) in [6, 6.07) is 7.13. The van der Waals surface area contributed by atoms with E-state index in [1.165, 1.54) is 63.8 Å². The van der Waals surface area contributed by atoms with E-state index in [4.69, 9.17) is 9.47 Å². The lowest BCUT2D eigenvalue weighted by Gasteiger charge is -2.07. The van der Waals surface area contributed by atoms with Gasteiger partial charge in [0, 0.05) is 18.4 Å². The number of unbranched alkanes of at least 4 members (excludes halogenated alkanes) is 12. The van der Waals surface area contributed by atoms with Crippen molar-refractivity contribution >= 4 is 11.9 Å². The molecule has 1 aromatic heterocycles. The molecule has 0 unspecified atom stereocenters. The molecule has 2 aromatic rings. The van der Waals surface area contributed by atoms with E-state index in [-0.39, 0.29) is 11.9 Å². The zero-order chi connectivity index (χ0) is 25.8. The minimum atomic E-state index is -0.258. The monoisotopic (exact) mass is 496 g/mol. The molecular formula is C30H44N2O4. The van der Waals surface area contributed by atoms with Gasteiger partial charge in [-0.05, 0) is 37.1 Å². The second-order valence-electron chi connectivity index (χ2n) is 9.46. The Hall–Kier alpha value is -2.76. The second kappa shape index (κ2) is 18.5. The van der Waals surface area contributed by atoms with Crippen LogP contribution in [0.4, 0.5) is 0 Å². The molecule has 6 nitrogen and oxygen atoms in total. The molecule has 0 amide bonds. The van der Waals surface area contributed by atoms with Gasteiger partial charge in [-0.1, -0.05) is 90.9 Å². The maximum absolute atomic E-state index is 12.1. The summed E-state index contributed by atoms with van der Waals surface area (Å²) in [5, 5.41) is 0. The minimum Gasteiger partial charge on any atom is -0.427 e. The molecule has 0 spiro atoms. The topological polar surface area (TPSA) is 78.4 Å². The van der Waals surface area contributed by atoms with E-state index in [0.29, 0.717) is 30.2 Å². The van der Waals surface area contributed by atoms with Crippen molar-refractivity contribution in [3.8, 4) is 22.9 Å². The fraction of sp³-hybridized carbons (Fsp3) is 0.600. The smallest absolute Gasteiger partial charge is 0.311 e. The molecule has 0 N–H and O–H groups in total. The van der Waals surface area contributed by atoms with Crippen molar-refractivity contribution < 1.29 is 19.1 Å². The highest BCUT2D eigenvalue weighted by molar-refractivity contribution is 5.73. The van der Waals surface area contributed by atoms with Gasteiger partial charge in [0.1, 0.15) is 5.75 Å². The van der Waals surface area contributed by atoms with Crippen LogP contribution in [0.25, 0.3) is 11.4 Å². The molecule has 36 heavy (non-hydrogen) atoms. The van der Waals surface area contributed by atoms with Crippen molar-refractivity contribution in [2.45, 2.75) is 117 Å². The van der Waals surface area contributed by atoms with Gasteiger partial charge < -0.3 is 9.47 Å². The van der Waals surface area contributed by atoms with Gasteiger partial charge in [0.2, 0.25) is 0 Å². The predicted molar refractivity (Wildman–Crippen MR) is 144 cm³/mol. The van der Waals surface area contributed by atoms with Crippen LogP contribution in [-0.2, 0) is 9.59 Å². The number of carbonyl (C=O) groups is 2. The number of nitrogens with zero attached hydrogens (tertiary/aromatic N) is 2. The van der Waals surface area contributed by atoms with Gasteiger partial charge in [-0.2, -0.15) is 0 Å². The average Bonchev–Trinajstić information content (AvgIpc) is 2.89. The third-order valence-electron chi connectivity index (χ3n) is 6.17. The Bertz CT molecular complexity index is 866. The van der Waals surface area contributed by atoms with E-state index in [1.54, 1.807) is 12.1 Å². The molecule has 1 heterocycles. The van der Waals surface area contributed by atoms with Crippen molar-refractivity contribution in [1.82, 2.24) is 9.97 Å². The first-order chi connectivity index (χ1) is 17.6. The normalized spacial score (nSPS) is 10.8. The summed E-state index contributed by atoms with van der Waals surface area (Å²) in [6.45, 7) is 4.38. The zero-order valence-corrected chi connectivity index (χ0v) is 22.3. The van der Waals surface area contributed by atoms with Crippen molar-refractivity contribution in [3.63, 3.8) is 0 Å². The van der Waals surface area contributed by atoms with Crippen LogP contribution in [0.15, 0.2) is 36.7 Å². The van der Waals surface area contributed by atoms with Crippen molar-refractivity contribution in [2.24, 2.45) is 0 Å². The summed E-state index contributed by atoms with van der Waals surface area (Å²) in [5.41, 5.74) is 0.793. The highest BCUT2D eigenvalue weighted by Crippen LogP contribution is 2.21. The predicted octanol–water partition coefficient (Wildman–Crippen LogP) is 8.24. The lowest BCUT2D eigenvalue weighted by atomic mass is 10.1. The summed E-state index contributed by atoms with van der Waals surface area (Å²) < 4.78 is 10.8. The largest absolute Gasteiger partial charge is 0.427 e. The maximum atomic E-state index is 12.1. The number of carbonyl (C=O) groups excluding carboxylic acids is 2. The summed E-state index contributed by atoms with van der Waals surface area (Å²) in [7, 11) is 0. The Morgan fingerprint density at radius 2 is 1.00 bits per heavy atom. The number of esters is 2. The summed E-state index contributed by atoms with van der Waals surface area (Å²) in [5.74, 6) is 0.924. The molecule has 1 aromatic carbocycles. The van der Waals surface area contributed by atoms with E-state index in [0.717, 1.165) is 44.1 Å². The first-order valence-electron chi connectivity index (χ1n) is 14.0. The highest BCUT2D eigenvalue weighted by Gasteiger charge is 2.09. The third kappa shape index (κ3) is 12.8. The molecule has 0 radical (unpaired) electrons. The van der Waals surface area contributed by atoms with Gasteiger partial charge in [-0.25, -0.2) is 9.97 Å². The minimum absolute atomic E-state index is 0.195. The first kappa shape index (κ1) is 29.5. The van der Waals surface area contributed by atoms with Gasteiger partial charge in [0.05, 0.1) is 12.4 Å².